The second-order valence-electron chi connectivity index (χ2n) is 14.7. The van der Waals surface area contributed by atoms with Crippen molar-refractivity contribution in [2.45, 2.75) is 179 Å². The van der Waals surface area contributed by atoms with E-state index in [0.717, 1.165) is 62.7 Å². The number of hydrogen-bond donors (Lipinski definition) is 3. The van der Waals surface area contributed by atoms with Crippen LogP contribution in [-0.4, -0.2) is 61.0 Å². The van der Waals surface area contributed by atoms with Gasteiger partial charge in [-0.25, -0.2) is 19.9 Å². The molecule has 9 aromatic heterocycles. The molecule has 0 atom stereocenters. The van der Waals surface area contributed by atoms with E-state index < -0.39 is 0 Å². The first-order chi connectivity index (χ1) is 40.0. The number of rotatable bonds is 0. The molecule has 0 aliphatic carbocycles. The predicted molar refractivity (Wildman–Crippen MR) is 366 cm³/mol. The van der Waals surface area contributed by atoms with Crippen LogP contribution in [0, 0.1) is 55.4 Å². The van der Waals surface area contributed by atoms with Gasteiger partial charge in [0.15, 0.2) is 0 Å². The van der Waals surface area contributed by atoms with Crippen molar-refractivity contribution in [3.63, 3.8) is 0 Å². The molecular weight excluding hydrogens is 1070 g/mol. The van der Waals surface area contributed by atoms with E-state index in [4.69, 9.17) is 0 Å². The van der Waals surface area contributed by atoms with E-state index in [1.807, 2.05) is 272 Å². The smallest absolute Gasteiger partial charge is 0.136 e. The van der Waals surface area contributed by atoms with Crippen molar-refractivity contribution >= 4 is 60.6 Å². The maximum absolute atomic E-state index is 4.41. The van der Waals surface area contributed by atoms with Gasteiger partial charge in [-0.05, 0) is 116 Å². The highest BCUT2D eigenvalue weighted by Gasteiger charge is 2.12. The van der Waals surface area contributed by atoms with Gasteiger partial charge < -0.3 is 14.7 Å². The minimum Gasteiger partial charge on any atom is -0.349 e. The van der Waals surface area contributed by atoms with Gasteiger partial charge >= 0.3 is 0 Å². The molecule has 3 N–H and O–H groups in total. The highest BCUT2D eigenvalue weighted by molar-refractivity contribution is 7.18. The fraction of sp³-hybridized carbons (Fsp3) is 0.403. The number of pyridine rings is 3. The van der Waals surface area contributed by atoms with Gasteiger partial charge in [0, 0.05) is 94.9 Å². The van der Waals surface area contributed by atoms with E-state index in [1.54, 1.807) is 53.8 Å². The molecule has 0 saturated heterocycles. The molecule has 10 heterocycles. The fourth-order valence-corrected chi connectivity index (χ4v) is 8.11. The lowest BCUT2D eigenvalue weighted by molar-refractivity contribution is 0.638. The van der Waals surface area contributed by atoms with Crippen LogP contribution in [0.15, 0.2) is 152 Å². The summed E-state index contributed by atoms with van der Waals surface area (Å²) in [6, 6.07) is 32.3. The minimum absolute atomic E-state index is 0.972. The quantitative estimate of drug-likeness (QED) is 0.135. The van der Waals surface area contributed by atoms with Gasteiger partial charge in [-0.2, -0.15) is 5.10 Å². The molecule has 0 spiro atoms. The van der Waals surface area contributed by atoms with Crippen molar-refractivity contribution in [3.8, 4) is 0 Å². The number of aryl methyl sites for hydroxylation is 8. The lowest BCUT2D eigenvalue weighted by atomic mass is 10.1. The van der Waals surface area contributed by atoms with Gasteiger partial charge in [0.1, 0.15) is 5.65 Å². The summed E-state index contributed by atoms with van der Waals surface area (Å²) in [5.41, 5.74) is 8.82. The first-order valence-electron chi connectivity index (χ1n) is 29.4. The van der Waals surface area contributed by atoms with E-state index >= 15 is 0 Å². The van der Waals surface area contributed by atoms with Gasteiger partial charge in [-0.15, -0.1) is 34.0 Å². The Labute approximate surface area is 509 Å². The van der Waals surface area contributed by atoms with Gasteiger partial charge in [-0.1, -0.05) is 159 Å². The highest BCUT2D eigenvalue weighted by atomic mass is 32.1. The minimum atomic E-state index is 0.972. The summed E-state index contributed by atoms with van der Waals surface area (Å²) < 4.78 is 3.29. The van der Waals surface area contributed by atoms with E-state index in [0.29, 0.717) is 0 Å². The number of nitrogens with zero attached hydrogens (tertiary/aromatic N) is 9. The monoisotopic (exact) mass is 1170 g/mol. The molecule has 0 fully saturated rings. The van der Waals surface area contributed by atoms with Crippen molar-refractivity contribution in [1.29, 1.82) is 0 Å². The predicted octanol–water partition coefficient (Wildman–Crippen LogP) is 20.4. The average Bonchev–Trinajstić information content (AvgIpc) is 4.45. The zero-order valence-corrected chi connectivity index (χ0v) is 57.3. The molecule has 0 amide bonds. The summed E-state index contributed by atoms with van der Waals surface area (Å²) in [5, 5.41) is 17.7. The molecule has 0 bridgehead atoms. The maximum Gasteiger partial charge on any atom is 0.136 e. The van der Waals surface area contributed by atoms with Crippen LogP contribution in [0.5, 0.6) is 0 Å². The molecule has 11 aromatic rings. The molecular formula is C67H106N12S3. The second kappa shape index (κ2) is 57.5. The number of nitrogens with one attached hydrogen (secondary N) is 3. The summed E-state index contributed by atoms with van der Waals surface area (Å²) in [5.74, 6) is 0. The van der Waals surface area contributed by atoms with Gasteiger partial charge in [0.25, 0.3) is 0 Å². The topological polar surface area (TPSA) is 151 Å². The van der Waals surface area contributed by atoms with Gasteiger partial charge in [-0.3, -0.25) is 20.1 Å². The number of para-hydroxylation sites is 1. The number of aromatic amines is 2. The molecule has 1 aliphatic rings. The third kappa shape index (κ3) is 38.8. The molecule has 82 heavy (non-hydrogen) atoms. The van der Waals surface area contributed by atoms with E-state index in [2.05, 4.69) is 86.6 Å². The Morgan fingerprint density at radius 2 is 1.12 bits per heavy atom. The standard InChI is InChI=1S/C10H9N.C8H8N2.C8H7NS.C7H10N2S.C6H7N.2C4H6N2.C4H5NS.8C2H6/c1-8-6-9-4-2-3-5-10(9)7-11-8;1-7-6-10-5-3-2-4-8(10)9-7;1-6-9-7-4-2-3-5-8(7)10-6;1-5-9-6-4-8-3-2-7(6)10-5;1-6-4-2-3-5-7-6;1-4-2-5-3-6-4;1-4-2-3-5-6-4;1-4-5-2-3-6-4;8*1-2/h2-7H,1H3;2-6H,1H3;2-5H,1H3;8H,2-4H2,1H3;2-5H,1H3;2*2-3H,1H3,(H,5,6);2-3H,1H3;8*1-2H3. The van der Waals surface area contributed by atoms with E-state index in [-0.39, 0.29) is 0 Å². The fourth-order valence-electron chi connectivity index (χ4n) is 5.89. The van der Waals surface area contributed by atoms with Crippen molar-refractivity contribution in [1.82, 2.24) is 59.8 Å². The van der Waals surface area contributed by atoms with Crippen LogP contribution in [0.25, 0.3) is 26.6 Å². The molecule has 0 radical (unpaired) electrons. The Bertz CT molecular complexity index is 2740. The van der Waals surface area contributed by atoms with Crippen molar-refractivity contribution in [2.75, 3.05) is 6.54 Å². The van der Waals surface area contributed by atoms with E-state index in [9.17, 15) is 0 Å². The Balaban J connectivity index is -0.000000412. The summed E-state index contributed by atoms with van der Waals surface area (Å²) >= 11 is 5.25. The first-order valence-corrected chi connectivity index (χ1v) is 31.9. The molecule has 0 saturated carbocycles. The summed E-state index contributed by atoms with van der Waals surface area (Å²) in [4.78, 5) is 33.3. The first kappa shape index (κ1) is 81.7. The Morgan fingerprint density at radius 3 is 1.59 bits per heavy atom. The molecule has 15 heteroatoms. The van der Waals surface area contributed by atoms with Crippen LogP contribution in [0.2, 0.25) is 0 Å². The number of aromatic nitrogens is 11. The van der Waals surface area contributed by atoms with Gasteiger partial charge in [0.2, 0.25) is 0 Å². The molecule has 452 valence electrons. The van der Waals surface area contributed by atoms with Crippen molar-refractivity contribution < 1.29 is 0 Å². The number of fused-ring (bicyclic) bond motifs is 4. The zero-order chi connectivity index (χ0) is 62.9. The Morgan fingerprint density at radius 1 is 0.500 bits per heavy atom. The van der Waals surface area contributed by atoms with Crippen LogP contribution in [-0.2, 0) is 13.0 Å². The largest absolute Gasteiger partial charge is 0.349 e. The molecule has 2 aromatic carbocycles. The highest BCUT2D eigenvalue weighted by Crippen LogP contribution is 2.21. The van der Waals surface area contributed by atoms with Crippen LogP contribution in [0.4, 0.5) is 0 Å². The zero-order valence-electron chi connectivity index (χ0n) is 54.8. The molecule has 12 rings (SSSR count). The van der Waals surface area contributed by atoms with Crippen LogP contribution < -0.4 is 5.32 Å². The number of benzene rings is 2. The number of hydrogen-bond acceptors (Lipinski definition) is 12. The van der Waals surface area contributed by atoms with Crippen molar-refractivity contribution in [3.05, 3.63) is 206 Å². The van der Waals surface area contributed by atoms with Crippen molar-refractivity contribution in [2.24, 2.45) is 0 Å². The van der Waals surface area contributed by atoms with E-state index in [1.165, 1.54) is 37.5 Å². The SMILES string of the molecule is CC.CC.CC.CC.CC.CC.CC.CC.Cc1cc2ccccc2cn1.Cc1ccccn1.Cc1ccn[nH]1.Cc1cn2ccccc2n1.Cc1cnc[nH]1.Cc1nc2c(s1)CCNC2.Cc1nc2ccccc2s1.Cc1nccs1. The molecule has 1 aliphatic heterocycles. The molecule has 0 unspecified atom stereocenters. The molecule has 12 nitrogen and oxygen atoms in total. The third-order valence-electron chi connectivity index (χ3n) is 9.00. The third-order valence-corrected chi connectivity index (χ3v) is 11.7. The number of imidazole rings is 2. The lowest BCUT2D eigenvalue weighted by Gasteiger charge is -2.09. The normalized spacial score (nSPS) is 9.27. The summed E-state index contributed by atoms with van der Waals surface area (Å²) in [6.07, 6.45) is 15.8. The second-order valence-corrected chi connectivity index (χ2v) is 18.4. The van der Waals surface area contributed by atoms with Gasteiger partial charge in [0.05, 0.1) is 43.0 Å². The summed E-state index contributed by atoms with van der Waals surface area (Å²) in [6.45, 7) is 50.1. The summed E-state index contributed by atoms with van der Waals surface area (Å²) in [7, 11) is 0. The number of thiazole rings is 3. The average molecular weight is 1180 g/mol. The number of H-pyrrole nitrogens is 2. The van der Waals surface area contributed by atoms with Crippen LogP contribution in [0.3, 0.4) is 0 Å². The Kier molecular flexibility index (Phi) is 57.2. The lowest BCUT2D eigenvalue weighted by Crippen LogP contribution is -2.22. The van der Waals surface area contributed by atoms with Crippen LogP contribution >= 0.6 is 34.0 Å². The van der Waals surface area contributed by atoms with Crippen LogP contribution in [0.1, 0.15) is 165 Å². The Hall–Kier alpha value is -6.78. The maximum atomic E-state index is 4.41.